The van der Waals surface area contributed by atoms with E-state index in [1.165, 1.54) is 0 Å². The van der Waals surface area contributed by atoms with E-state index in [0.29, 0.717) is 30.1 Å². The Kier molecular flexibility index (Phi) is 8.47. The second kappa shape index (κ2) is 11.7. The van der Waals surface area contributed by atoms with Crippen molar-refractivity contribution in [2.75, 3.05) is 7.11 Å². The van der Waals surface area contributed by atoms with E-state index in [2.05, 4.69) is 33.7 Å². The van der Waals surface area contributed by atoms with Crippen molar-refractivity contribution in [2.45, 2.75) is 19.6 Å². The minimum Gasteiger partial charge on any atom is -0.493 e. The van der Waals surface area contributed by atoms with Gasteiger partial charge in [-0.2, -0.15) is 5.26 Å². The predicted octanol–water partition coefficient (Wildman–Crippen LogP) is 6.19. The summed E-state index contributed by atoms with van der Waals surface area (Å²) >= 11 is 3.44. The number of rotatable bonds is 10. The zero-order valence-electron chi connectivity index (χ0n) is 17.8. The van der Waals surface area contributed by atoms with Gasteiger partial charge in [-0.05, 0) is 42.3 Å². The molecule has 3 aromatic carbocycles. The number of halogens is 1. The third kappa shape index (κ3) is 6.22. The van der Waals surface area contributed by atoms with Gasteiger partial charge in [0.1, 0.15) is 13.2 Å². The third-order valence-electron chi connectivity index (χ3n) is 4.67. The molecule has 0 heterocycles. The smallest absolute Gasteiger partial charge is 0.165 e. The highest BCUT2D eigenvalue weighted by atomic mass is 79.9. The van der Waals surface area contributed by atoms with Crippen molar-refractivity contribution >= 4 is 22.1 Å². The summed E-state index contributed by atoms with van der Waals surface area (Å²) in [5.74, 6) is 1.29. The number of benzene rings is 3. The molecule has 0 aliphatic rings. The molecule has 162 valence electrons. The Hall–Kier alpha value is -3.56. The summed E-state index contributed by atoms with van der Waals surface area (Å²) < 4.78 is 12.7. The average molecular weight is 491 g/mol. The summed E-state index contributed by atoms with van der Waals surface area (Å²) in [6.07, 6.45) is 4.05. The molecule has 3 rings (SSSR count). The summed E-state index contributed by atoms with van der Waals surface area (Å²) in [5, 5.41) is 13.2. The molecular formula is C26H23BrN2O3. The SMILES string of the molecule is C=CCc1cc(/C=N\OCc2ccccc2C#N)cc(OC)c1OCc1ccc(Br)cc1. The zero-order valence-corrected chi connectivity index (χ0v) is 19.3. The van der Waals surface area contributed by atoms with Crippen LogP contribution in [0.3, 0.4) is 0 Å². The lowest BCUT2D eigenvalue weighted by atomic mass is 10.1. The predicted molar refractivity (Wildman–Crippen MR) is 129 cm³/mol. The van der Waals surface area contributed by atoms with E-state index in [0.717, 1.165) is 26.7 Å². The van der Waals surface area contributed by atoms with E-state index in [1.807, 2.05) is 60.7 Å². The van der Waals surface area contributed by atoms with Crippen molar-refractivity contribution in [1.82, 2.24) is 0 Å². The second-order valence-corrected chi connectivity index (χ2v) is 7.81. The highest BCUT2D eigenvalue weighted by Gasteiger charge is 2.13. The molecule has 0 spiro atoms. The third-order valence-corrected chi connectivity index (χ3v) is 5.20. The molecule has 0 atom stereocenters. The lowest BCUT2D eigenvalue weighted by molar-refractivity contribution is 0.132. The van der Waals surface area contributed by atoms with Crippen LogP contribution in [-0.2, 0) is 24.5 Å². The monoisotopic (exact) mass is 490 g/mol. The van der Waals surface area contributed by atoms with E-state index in [1.54, 1.807) is 19.4 Å². The van der Waals surface area contributed by atoms with Crippen molar-refractivity contribution in [3.8, 4) is 17.6 Å². The molecule has 0 aliphatic heterocycles. The first-order valence-electron chi connectivity index (χ1n) is 9.97. The molecule has 0 aromatic heterocycles. The van der Waals surface area contributed by atoms with E-state index in [9.17, 15) is 0 Å². The Labute approximate surface area is 196 Å². The number of allylic oxidation sites excluding steroid dienone is 1. The molecule has 0 saturated heterocycles. The van der Waals surface area contributed by atoms with Crippen LogP contribution in [0, 0.1) is 11.3 Å². The Balaban J connectivity index is 1.74. The quantitative estimate of drug-likeness (QED) is 0.193. The first-order valence-corrected chi connectivity index (χ1v) is 10.8. The van der Waals surface area contributed by atoms with Crippen LogP contribution in [0.2, 0.25) is 0 Å². The fourth-order valence-electron chi connectivity index (χ4n) is 3.08. The first kappa shape index (κ1) is 23.1. The normalized spacial score (nSPS) is 10.5. The molecule has 0 N–H and O–H groups in total. The summed E-state index contributed by atoms with van der Waals surface area (Å²) in [6, 6.07) is 21.2. The molecule has 6 heteroatoms. The molecule has 32 heavy (non-hydrogen) atoms. The van der Waals surface area contributed by atoms with Gasteiger partial charge in [-0.15, -0.1) is 6.58 Å². The highest BCUT2D eigenvalue weighted by Crippen LogP contribution is 2.34. The Morgan fingerprint density at radius 1 is 1.06 bits per heavy atom. The van der Waals surface area contributed by atoms with Crippen LogP contribution in [0.5, 0.6) is 11.5 Å². The van der Waals surface area contributed by atoms with Crippen molar-refractivity contribution in [2.24, 2.45) is 5.16 Å². The Bertz CT molecular complexity index is 1130. The summed E-state index contributed by atoms with van der Waals surface area (Å²) in [7, 11) is 1.61. The lowest BCUT2D eigenvalue weighted by Crippen LogP contribution is -2.02. The number of hydrogen-bond acceptors (Lipinski definition) is 5. The van der Waals surface area contributed by atoms with E-state index in [4.69, 9.17) is 19.6 Å². The van der Waals surface area contributed by atoms with Crippen LogP contribution in [0.4, 0.5) is 0 Å². The average Bonchev–Trinajstić information content (AvgIpc) is 2.82. The maximum Gasteiger partial charge on any atom is 0.165 e. The molecule has 3 aromatic rings. The van der Waals surface area contributed by atoms with Gasteiger partial charge in [-0.1, -0.05) is 57.5 Å². The minimum atomic E-state index is 0.214. The number of hydrogen-bond donors (Lipinski definition) is 0. The van der Waals surface area contributed by atoms with Gasteiger partial charge < -0.3 is 14.3 Å². The largest absolute Gasteiger partial charge is 0.493 e. The summed E-state index contributed by atoms with van der Waals surface area (Å²) in [6.45, 7) is 4.48. The fraction of sp³-hybridized carbons (Fsp3) is 0.154. The lowest BCUT2D eigenvalue weighted by Gasteiger charge is -2.16. The van der Waals surface area contributed by atoms with Gasteiger partial charge in [0.15, 0.2) is 11.5 Å². The molecule has 0 aliphatic carbocycles. The fourth-order valence-corrected chi connectivity index (χ4v) is 3.34. The Morgan fingerprint density at radius 3 is 2.56 bits per heavy atom. The van der Waals surface area contributed by atoms with Crippen LogP contribution >= 0.6 is 15.9 Å². The van der Waals surface area contributed by atoms with Crippen LogP contribution in [0.15, 0.2) is 82.9 Å². The Morgan fingerprint density at radius 2 is 1.84 bits per heavy atom. The zero-order chi connectivity index (χ0) is 22.8. The maximum atomic E-state index is 9.17. The number of methoxy groups -OCH3 is 1. The van der Waals surface area contributed by atoms with Gasteiger partial charge in [0.2, 0.25) is 0 Å². The molecule has 0 amide bonds. The standard InChI is InChI=1S/C26H23BrN2O3/c1-3-6-21-13-20(16-29-32-18-23-8-5-4-7-22(23)15-28)14-25(30-2)26(21)31-17-19-9-11-24(27)12-10-19/h3-5,7-14,16H,1,6,17-18H2,2H3/b29-16-. The topological polar surface area (TPSA) is 63.8 Å². The van der Waals surface area contributed by atoms with Gasteiger partial charge in [0, 0.05) is 21.2 Å². The van der Waals surface area contributed by atoms with Crippen LogP contribution in [0.25, 0.3) is 0 Å². The number of nitrogens with zero attached hydrogens (tertiary/aromatic N) is 2. The van der Waals surface area contributed by atoms with E-state index < -0.39 is 0 Å². The van der Waals surface area contributed by atoms with Crippen molar-refractivity contribution in [1.29, 1.82) is 5.26 Å². The molecule has 0 saturated carbocycles. The van der Waals surface area contributed by atoms with E-state index >= 15 is 0 Å². The highest BCUT2D eigenvalue weighted by molar-refractivity contribution is 9.10. The molecular weight excluding hydrogens is 468 g/mol. The summed E-state index contributed by atoms with van der Waals surface area (Å²) in [4.78, 5) is 5.41. The van der Waals surface area contributed by atoms with Gasteiger partial charge in [0.05, 0.1) is 25.0 Å². The summed E-state index contributed by atoms with van der Waals surface area (Å²) in [5.41, 5.74) is 4.16. The molecule has 5 nitrogen and oxygen atoms in total. The molecule has 0 fully saturated rings. The van der Waals surface area contributed by atoms with Gasteiger partial charge in [0.25, 0.3) is 0 Å². The van der Waals surface area contributed by atoms with Crippen LogP contribution in [-0.4, -0.2) is 13.3 Å². The maximum absolute atomic E-state index is 9.17. The van der Waals surface area contributed by atoms with Crippen molar-refractivity contribution in [3.05, 3.63) is 106 Å². The first-order chi connectivity index (χ1) is 15.6. The number of ether oxygens (including phenoxy) is 2. The number of nitriles is 1. The van der Waals surface area contributed by atoms with Gasteiger partial charge in [-0.25, -0.2) is 0 Å². The van der Waals surface area contributed by atoms with Crippen molar-refractivity contribution in [3.63, 3.8) is 0 Å². The van der Waals surface area contributed by atoms with Crippen LogP contribution in [0.1, 0.15) is 27.8 Å². The van der Waals surface area contributed by atoms with Gasteiger partial charge >= 0.3 is 0 Å². The number of oxime groups is 1. The molecule has 0 bridgehead atoms. The molecule has 0 radical (unpaired) electrons. The molecule has 0 unspecified atom stereocenters. The van der Waals surface area contributed by atoms with Crippen molar-refractivity contribution < 1.29 is 14.3 Å². The second-order valence-electron chi connectivity index (χ2n) is 6.90. The van der Waals surface area contributed by atoms with Crippen LogP contribution < -0.4 is 9.47 Å². The van der Waals surface area contributed by atoms with E-state index in [-0.39, 0.29) is 6.61 Å². The van der Waals surface area contributed by atoms with Gasteiger partial charge in [-0.3, -0.25) is 0 Å². The minimum absolute atomic E-state index is 0.214.